The van der Waals surface area contributed by atoms with Gasteiger partial charge in [0.1, 0.15) is 0 Å². The lowest BCUT2D eigenvalue weighted by molar-refractivity contribution is 1.18. The first kappa shape index (κ1) is 29.4. The van der Waals surface area contributed by atoms with Gasteiger partial charge in [0.2, 0.25) is 0 Å². The second-order valence-electron chi connectivity index (χ2n) is 14.5. The van der Waals surface area contributed by atoms with E-state index in [2.05, 4.69) is 203 Å². The number of benzene rings is 9. The fourth-order valence-corrected chi connectivity index (χ4v) is 9.29. The van der Waals surface area contributed by atoms with Crippen molar-refractivity contribution in [2.45, 2.75) is 0 Å². The molecule has 0 spiro atoms. The fourth-order valence-electron chi connectivity index (χ4n) is 9.29. The largest absolute Gasteiger partial charge is 0.309 e. The second-order valence-corrected chi connectivity index (χ2v) is 14.5. The number of fused-ring (bicyclic) bond motifs is 9. The van der Waals surface area contributed by atoms with Gasteiger partial charge in [0, 0.05) is 32.9 Å². The van der Waals surface area contributed by atoms with Crippen LogP contribution in [0.25, 0.3) is 110 Å². The first-order chi connectivity index (χ1) is 26.8. The molecule has 54 heavy (non-hydrogen) atoms. The predicted octanol–water partition coefficient (Wildman–Crippen LogP) is 14.0. The van der Waals surface area contributed by atoms with E-state index in [1.165, 1.54) is 110 Å². The Bertz CT molecular complexity index is 3310. The van der Waals surface area contributed by atoms with Crippen LogP contribution in [0.5, 0.6) is 0 Å². The molecule has 0 saturated heterocycles. The smallest absolute Gasteiger partial charge is 0.0541 e. The summed E-state index contributed by atoms with van der Waals surface area (Å²) in [5.41, 5.74) is 17.5. The van der Waals surface area contributed by atoms with E-state index in [9.17, 15) is 0 Å². The van der Waals surface area contributed by atoms with Gasteiger partial charge < -0.3 is 9.13 Å². The topological polar surface area (TPSA) is 9.86 Å². The molecule has 2 heteroatoms. The van der Waals surface area contributed by atoms with Crippen molar-refractivity contribution in [1.29, 1.82) is 0 Å². The van der Waals surface area contributed by atoms with Crippen LogP contribution in [0.3, 0.4) is 0 Å². The number of hydrogen-bond acceptors (Lipinski definition) is 0. The Morgan fingerprint density at radius 1 is 0.241 bits per heavy atom. The van der Waals surface area contributed by atoms with Crippen molar-refractivity contribution in [3.8, 4) is 55.9 Å². The molecule has 1 aliphatic rings. The van der Waals surface area contributed by atoms with E-state index >= 15 is 0 Å². The molecule has 0 bridgehead atoms. The molecule has 0 unspecified atom stereocenters. The van der Waals surface area contributed by atoms with Crippen LogP contribution in [-0.2, 0) is 0 Å². The van der Waals surface area contributed by atoms with Gasteiger partial charge in [-0.25, -0.2) is 0 Å². The van der Waals surface area contributed by atoms with E-state index in [4.69, 9.17) is 0 Å². The lowest BCUT2D eigenvalue weighted by Gasteiger charge is -2.11. The van der Waals surface area contributed by atoms with E-state index in [1.807, 2.05) is 0 Å². The highest BCUT2D eigenvalue weighted by molar-refractivity contribution is 6.20. The van der Waals surface area contributed by atoms with Crippen molar-refractivity contribution in [2.75, 3.05) is 0 Å². The molecule has 0 radical (unpaired) electrons. The van der Waals surface area contributed by atoms with E-state index in [1.54, 1.807) is 0 Å². The average molecular weight is 685 g/mol. The number of hydrogen-bond donors (Lipinski definition) is 0. The molecule has 0 N–H and O–H groups in total. The zero-order chi connectivity index (χ0) is 35.3. The SMILES string of the molecule is c1ccc(-n2c3ccccc3c3cc(-c4ccc5c(c4)-c4cccc6c(-c7ccc8c(c7)c7ccccc7n8-c7ccccc7)ccc-5c46)ccc32)cc1. The first-order valence-electron chi connectivity index (χ1n) is 18.7. The molecule has 9 aromatic carbocycles. The van der Waals surface area contributed by atoms with E-state index in [0.29, 0.717) is 0 Å². The predicted molar refractivity (Wildman–Crippen MR) is 228 cm³/mol. The lowest BCUT2D eigenvalue weighted by Crippen LogP contribution is -1.92. The molecule has 0 saturated carbocycles. The third-order valence-corrected chi connectivity index (χ3v) is 11.7. The first-order valence-corrected chi connectivity index (χ1v) is 18.7. The molecule has 0 atom stereocenters. The molecule has 0 amide bonds. The monoisotopic (exact) mass is 684 g/mol. The van der Waals surface area contributed by atoms with Crippen molar-refractivity contribution < 1.29 is 0 Å². The highest BCUT2D eigenvalue weighted by Crippen LogP contribution is 2.51. The zero-order valence-electron chi connectivity index (χ0n) is 29.4. The van der Waals surface area contributed by atoms with Crippen molar-refractivity contribution >= 4 is 54.4 Å². The lowest BCUT2D eigenvalue weighted by atomic mass is 9.93. The quantitative estimate of drug-likeness (QED) is 0.175. The molecule has 250 valence electrons. The summed E-state index contributed by atoms with van der Waals surface area (Å²) in [6.45, 7) is 0. The van der Waals surface area contributed by atoms with E-state index in [0.717, 1.165) is 0 Å². The van der Waals surface area contributed by atoms with Crippen molar-refractivity contribution in [2.24, 2.45) is 0 Å². The maximum absolute atomic E-state index is 2.41. The zero-order valence-corrected chi connectivity index (χ0v) is 29.4. The Balaban J connectivity index is 0.992. The van der Waals surface area contributed by atoms with Gasteiger partial charge in [-0.15, -0.1) is 0 Å². The highest BCUT2D eigenvalue weighted by atomic mass is 15.0. The highest BCUT2D eigenvalue weighted by Gasteiger charge is 2.24. The Morgan fingerprint density at radius 2 is 0.704 bits per heavy atom. The molecule has 0 aliphatic heterocycles. The summed E-state index contributed by atoms with van der Waals surface area (Å²) in [6.07, 6.45) is 0. The van der Waals surface area contributed by atoms with E-state index in [-0.39, 0.29) is 0 Å². The van der Waals surface area contributed by atoms with Crippen LogP contribution in [0.1, 0.15) is 0 Å². The normalized spacial score (nSPS) is 12.1. The Labute approximate surface area is 312 Å². The third-order valence-electron chi connectivity index (χ3n) is 11.7. The van der Waals surface area contributed by atoms with Gasteiger partial charge in [0.25, 0.3) is 0 Å². The standard InChI is InChI=1S/C52H32N2/c1-3-12-36(13-4-1)53-48-20-9-7-16-40(48)46-31-34(23-28-50(46)53)33-22-25-39-44-27-26-38(42-18-11-19-43(52(42)44)45(39)30-33)35-24-29-51-47(32-35)41-17-8-10-21-49(41)54(51)37-14-5-2-6-15-37/h1-32H. The van der Waals surface area contributed by atoms with Gasteiger partial charge in [-0.3, -0.25) is 0 Å². The van der Waals surface area contributed by atoms with Crippen LogP contribution in [0.2, 0.25) is 0 Å². The van der Waals surface area contributed by atoms with Crippen LogP contribution in [0, 0.1) is 0 Å². The molecule has 2 nitrogen and oxygen atoms in total. The van der Waals surface area contributed by atoms with Crippen molar-refractivity contribution in [1.82, 2.24) is 9.13 Å². The molecule has 1 aliphatic carbocycles. The van der Waals surface area contributed by atoms with Gasteiger partial charge in [-0.2, -0.15) is 0 Å². The molecule has 11 aromatic rings. The summed E-state index contributed by atoms with van der Waals surface area (Å²) in [6, 6.07) is 71.4. The van der Waals surface area contributed by atoms with Gasteiger partial charge in [-0.1, -0.05) is 127 Å². The summed E-state index contributed by atoms with van der Waals surface area (Å²) < 4.78 is 4.76. The summed E-state index contributed by atoms with van der Waals surface area (Å²) >= 11 is 0. The van der Waals surface area contributed by atoms with Crippen molar-refractivity contribution in [3.05, 3.63) is 194 Å². The Hall–Kier alpha value is -7.16. The van der Waals surface area contributed by atoms with Crippen LogP contribution in [0.4, 0.5) is 0 Å². The summed E-state index contributed by atoms with van der Waals surface area (Å²) in [4.78, 5) is 0. The van der Waals surface area contributed by atoms with Gasteiger partial charge in [0.05, 0.1) is 22.1 Å². The molecule has 2 heterocycles. The van der Waals surface area contributed by atoms with Crippen LogP contribution >= 0.6 is 0 Å². The minimum Gasteiger partial charge on any atom is -0.309 e. The Kier molecular flexibility index (Phi) is 6.09. The van der Waals surface area contributed by atoms with Gasteiger partial charge in [-0.05, 0) is 122 Å². The van der Waals surface area contributed by atoms with Crippen LogP contribution < -0.4 is 0 Å². The second kappa shape index (κ2) is 11.2. The Morgan fingerprint density at radius 3 is 1.37 bits per heavy atom. The van der Waals surface area contributed by atoms with Gasteiger partial charge >= 0.3 is 0 Å². The molecular formula is C52H32N2. The maximum Gasteiger partial charge on any atom is 0.0541 e. The number of nitrogens with zero attached hydrogens (tertiary/aromatic N) is 2. The molecular weight excluding hydrogens is 653 g/mol. The fraction of sp³-hybridized carbons (Fsp3) is 0. The van der Waals surface area contributed by atoms with Crippen molar-refractivity contribution in [3.63, 3.8) is 0 Å². The molecule has 12 rings (SSSR count). The molecule has 2 aromatic heterocycles. The summed E-state index contributed by atoms with van der Waals surface area (Å²) in [7, 11) is 0. The third kappa shape index (κ3) is 4.11. The summed E-state index contributed by atoms with van der Waals surface area (Å²) in [5, 5.41) is 7.72. The molecule has 0 fully saturated rings. The van der Waals surface area contributed by atoms with Gasteiger partial charge in [0.15, 0.2) is 0 Å². The average Bonchev–Trinajstić information content (AvgIpc) is 3.87. The summed E-state index contributed by atoms with van der Waals surface area (Å²) in [5.74, 6) is 0. The van der Waals surface area contributed by atoms with Crippen LogP contribution in [-0.4, -0.2) is 9.13 Å². The maximum atomic E-state index is 2.41. The number of aromatic nitrogens is 2. The van der Waals surface area contributed by atoms with E-state index < -0.39 is 0 Å². The number of para-hydroxylation sites is 4. The number of rotatable bonds is 4. The minimum atomic E-state index is 1.18. The minimum absolute atomic E-state index is 1.18. The van der Waals surface area contributed by atoms with Crippen LogP contribution in [0.15, 0.2) is 194 Å².